The van der Waals surface area contributed by atoms with Crippen LogP contribution in [0.15, 0.2) is 12.5 Å². The Morgan fingerprint density at radius 1 is 1.44 bits per heavy atom. The Morgan fingerprint density at radius 2 is 2.11 bits per heavy atom. The van der Waals surface area contributed by atoms with Crippen molar-refractivity contribution in [3.05, 3.63) is 18.2 Å². The van der Waals surface area contributed by atoms with Gasteiger partial charge in [0.15, 0.2) is 0 Å². The number of hydrogen-bond acceptors (Lipinski definition) is 3. The summed E-state index contributed by atoms with van der Waals surface area (Å²) >= 11 is 0. The predicted octanol–water partition coefficient (Wildman–Crippen LogP) is 2.27. The molecule has 0 amide bonds. The van der Waals surface area contributed by atoms with Crippen LogP contribution >= 0.6 is 0 Å². The molecule has 2 unspecified atom stereocenters. The summed E-state index contributed by atoms with van der Waals surface area (Å²) in [5.74, 6) is 0.424. The maximum absolute atomic E-state index is 6.19. The van der Waals surface area contributed by atoms with E-state index in [-0.39, 0.29) is 17.2 Å². The van der Waals surface area contributed by atoms with Crippen LogP contribution in [0.25, 0.3) is 0 Å². The first kappa shape index (κ1) is 13.6. The van der Waals surface area contributed by atoms with Gasteiger partial charge in [0.1, 0.15) is 0 Å². The highest BCUT2D eigenvalue weighted by atomic mass is 16.5. The molecule has 1 aromatic rings. The average molecular weight is 251 g/mol. The Bertz CT molecular complexity index is 422. The third kappa shape index (κ3) is 2.45. The minimum Gasteiger partial charge on any atom is -0.369 e. The van der Waals surface area contributed by atoms with Gasteiger partial charge >= 0.3 is 0 Å². The summed E-state index contributed by atoms with van der Waals surface area (Å²) < 4.78 is 8.18. The molecule has 0 bridgehead atoms. The van der Waals surface area contributed by atoms with Crippen LogP contribution in [0.5, 0.6) is 0 Å². The van der Waals surface area contributed by atoms with Crippen LogP contribution in [0, 0.1) is 5.92 Å². The van der Waals surface area contributed by atoms with Crippen LogP contribution in [0.3, 0.4) is 0 Å². The van der Waals surface area contributed by atoms with E-state index in [2.05, 4.69) is 44.2 Å². The molecule has 1 N–H and O–H groups in total. The zero-order valence-corrected chi connectivity index (χ0v) is 12.3. The van der Waals surface area contributed by atoms with Gasteiger partial charge in [-0.3, -0.25) is 0 Å². The number of aryl methyl sites for hydroxylation is 1. The number of nitrogens with one attached hydrogen (secondary N) is 1. The third-order valence-corrected chi connectivity index (χ3v) is 3.90. The van der Waals surface area contributed by atoms with Crippen molar-refractivity contribution in [2.45, 2.75) is 51.4 Å². The second kappa shape index (κ2) is 4.35. The molecule has 0 aliphatic carbocycles. The standard InChI is InChI=1S/C14H25N3O/c1-13(2)7-10(14(3,4)18-13)12(15-5)11-8-17(6)9-16-11/h8-10,12,15H,7H2,1-6H3. The summed E-state index contributed by atoms with van der Waals surface area (Å²) in [5.41, 5.74) is 0.909. The van der Waals surface area contributed by atoms with E-state index in [4.69, 9.17) is 4.74 Å². The lowest BCUT2D eigenvalue weighted by Crippen LogP contribution is -2.37. The van der Waals surface area contributed by atoms with E-state index >= 15 is 0 Å². The smallest absolute Gasteiger partial charge is 0.0947 e. The maximum atomic E-state index is 6.19. The highest BCUT2D eigenvalue weighted by molar-refractivity contribution is 5.11. The van der Waals surface area contributed by atoms with Crippen molar-refractivity contribution in [2.75, 3.05) is 7.05 Å². The van der Waals surface area contributed by atoms with E-state index in [1.165, 1.54) is 0 Å². The molecule has 0 spiro atoms. The van der Waals surface area contributed by atoms with E-state index in [9.17, 15) is 0 Å². The minimum atomic E-state index is -0.130. The first-order valence-corrected chi connectivity index (χ1v) is 6.60. The average Bonchev–Trinajstić information content (AvgIpc) is 2.70. The molecule has 102 valence electrons. The highest BCUT2D eigenvalue weighted by Crippen LogP contribution is 2.47. The lowest BCUT2D eigenvalue weighted by atomic mass is 9.80. The van der Waals surface area contributed by atoms with E-state index in [1.54, 1.807) is 0 Å². The molecule has 4 nitrogen and oxygen atoms in total. The SMILES string of the molecule is CNC(c1cn(C)cn1)C1CC(C)(C)OC1(C)C. The predicted molar refractivity (Wildman–Crippen MR) is 72.4 cm³/mol. The molecule has 4 heteroatoms. The number of nitrogens with zero attached hydrogens (tertiary/aromatic N) is 2. The van der Waals surface area contributed by atoms with Gasteiger partial charge in [-0.05, 0) is 41.2 Å². The molecule has 1 aromatic heterocycles. The Balaban J connectivity index is 2.28. The largest absolute Gasteiger partial charge is 0.369 e. The quantitative estimate of drug-likeness (QED) is 0.895. The second-order valence-corrected chi connectivity index (χ2v) is 6.51. The monoisotopic (exact) mass is 251 g/mol. The van der Waals surface area contributed by atoms with Crippen LogP contribution in [0.2, 0.25) is 0 Å². The number of rotatable bonds is 3. The zero-order valence-electron chi connectivity index (χ0n) is 12.3. The van der Waals surface area contributed by atoms with Crippen LogP contribution in [-0.4, -0.2) is 27.8 Å². The van der Waals surface area contributed by atoms with Gasteiger partial charge in [-0.15, -0.1) is 0 Å². The molecule has 0 saturated carbocycles. The second-order valence-electron chi connectivity index (χ2n) is 6.51. The van der Waals surface area contributed by atoms with Crippen molar-refractivity contribution in [3.63, 3.8) is 0 Å². The van der Waals surface area contributed by atoms with Gasteiger partial charge in [-0.1, -0.05) is 0 Å². The molecule has 2 rings (SSSR count). The van der Waals surface area contributed by atoms with Crippen molar-refractivity contribution in [1.82, 2.24) is 14.9 Å². The molecule has 0 aromatic carbocycles. The topological polar surface area (TPSA) is 39.1 Å². The van der Waals surface area contributed by atoms with Gasteiger partial charge in [0.05, 0.1) is 29.3 Å². The fourth-order valence-corrected chi connectivity index (χ4v) is 3.27. The third-order valence-electron chi connectivity index (χ3n) is 3.90. The van der Waals surface area contributed by atoms with Crippen molar-refractivity contribution in [2.24, 2.45) is 13.0 Å². The van der Waals surface area contributed by atoms with Crippen molar-refractivity contribution in [1.29, 1.82) is 0 Å². The maximum Gasteiger partial charge on any atom is 0.0947 e. The number of ether oxygens (including phenoxy) is 1. The molecule has 2 heterocycles. The Labute approximate surface area is 110 Å². The Kier molecular flexibility index (Phi) is 3.28. The van der Waals surface area contributed by atoms with Crippen LogP contribution in [0.1, 0.15) is 45.9 Å². The van der Waals surface area contributed by atoms with Crippen LogP contribution in [-0.2, 0) is 11.8 Å². The fourth-order valence-electron chi connectivity index (χ4n) is 3.27. The molecule has 1 saturated heterocycles. The lowest BCUT2D eigenvalue weighted by Gasteiger charge is -2.32. The van der Waals surface area contributed by atoms with E-state index in [1.807, 2.05) is 25.0 Å². The Morgan fingerprint density at radius 3 is 2.50 bits per heavy atom. The highest BCUT2D eigenvalue weighted by Gasteiger charge is 2.49. The van der Waals surface area contributed by atoms with Gasteiger partial charge in [-0.25, -0.2) is 4.98 Å². The summed E-state index contributed by atoms with van der Waals surface area (Å²) in [4.78, 5) is 4.49. The summed E-state index contributed by atoms with van der Waals surface area (Å²) in [6, 6.07) is 0.239. The molecule has 0 radical (unpaired) electrons. The molecular weight excluding hydrogens is 226 g/mol. The molecule has 18 heavy (non-hydrogen) atoms. The van der Waals surface area contributed by atoms with Crippen LogP contribution < -0.4 is 5.32 Å². The van der Waals surface area contributed by atoms with Gasteiger partial charge < -0.3 is 14.6 Å². The van der Waals surface area contributed by atoms with Gasteiger partial charge in [-0.2, -0.15) is 0 Å². The first-order valence-electron chi connectivity index (χ1n) is 6.60. The number of hydrogen-bond donors (Lipinski definition) is 1. The summed E-state index contributed by atoms with van der Waals surface area (Å²) in [6.07, 6.45) is 4.98. The summed E-state index contributed by atoms with van der Waals surface area (Å²) in [6.45, 7) is 8.69. The van der Waals surface area contributed by atoms with Crippen molar-refractivity contribution < 1.29 is 4.74 Å². The van der Waals surface area contributed by atoms with Gasteiger partial charge in [0.25, 0.3) is 0 Å². The lowest BCUT2D eigenvalue weighted by molar-refractivity contribution is -0.0777. The molecule has 1 aliphatic rings. The van der Waals surface area contributed by atoms with Gasteiger partial charge in [0, 0.05) is 19.2 Å². The van der Waals surface area contributed by atoms with E-state index in [0.29, 0.717) is 5.92 Å². The molecular formula is C14H25N3O. The van der Waals surface area contributed by atoms with Crippen LogP contribution in [0.4, 0.5) is 0 Å². The molecule has 2 atom stereocenters. The van der Waals surface area contributed by atoms with Crippen molar-refractivity contribution >= 4 is 0 Å². The number of aromatic nitrogens is 2. The minimum absolute atomic E-state index is 0.0575. The first-order chi connectivity index (χ1) is 8.25. The summed E-state index contributed by atoms with van der Waals surface area (Å²) in [5, 5.41) is 3.41. The molecule has 1 fully saturated rings. The van der Waals surface area contributed by atoms with Crippen molar-refractivity contribution in [3.8, 4) is 0 Å². The molecule has 1 aliphatic heterocycles. The van der Waals surface area contributed by atoms with Gasteiger partial charge in [0.2, 0.25) is 0 Å². The normalized spacial score (nSPS) is 27.3. The van der Waals surface area contributed by atoms with E-state index < -0.39 is 0 Å². The zero-order chi connectivity index (χ0) is 13.6. The van der Waals surface area contributed by atoms with E-state index in [0.717, 1.165) is 12.1 Å². The fraction of sp³-hybridized carbons (Fsp3) is 0.786. The summed E-state index contributed by atoms with van der Waals surface area (Å²) in [7, 11) is 4.00. The Hall–Kier alpha value is -0.870. The number of imidazole rings is 1.